The average Bonchev–Trinajstić information content (AvgIpc) is 2.30. The first-order valence-corrected chi connectivity index (χ1v) is 5.81. The molecule has 0 atom stereocenters. The second-order valence-corrected chi connectivity index (χ2v) is 4.14. The van der Waals surface area contributed by atoms with E-state index in [2.05, 4.69) is 9.97 Å². The molecule has 0 saturated heterocycles. The highest BCUT2D eigenvalue weighted by molar-refractivity contribution is 6.16. The molecule has 0 aromatic carbocycles. The molecule has 0 radical (unpaired) electrons. The minimum absolute atomic E-state index is 0.488. The molecule has 1 fully saturated rings. The zero-order valence-electron chi connectivity index (χ0n) is 8.25. The van der Waals surface area contributed by atoms with Crippen LogP contribution in [0.15, 0.2) is 12.3 Å². The first kappa shape index (κ1) is 9.91. The predicted octanol–water partition coefficient (Wildman–Crippen LogP) is 3.26. The lowest BCUT2D eigenvalue weighted by molar-refractivity contribution is 0.428. The van der Waals surface area contributed by atoms with Crippen LogP contribution in [0.1, 0.15) is 49.5 Å². The van der Waals surface area contributed by atoms with Crippen molar-refractivity contribution in [2.45, 2.75) is 43.9 Å². The number of halogens is 1. The number of hydrogen-bond donors (Lipinski definition) is 0. The number of rotatable bonds is 2. The van der Waals surface area contributed by atoms with E-state index in [1.807, 2.05) is 12.3 Å². The van der Waals surface area contributed by atoms with Crippen LogP contribution in [0.25, 0.3) is 0 Å². The van der Waals surface area contributed by atoms with E-state index in [1.165, 1.54) is 32.1 Å². The van der Waals surface area contributed by atoms with Gasteiger partial charge in [0.1, 0.15) is 5.82 Å². The van der Waals surface area contributed by atoms with Gasteiger partial charge in [-0.2, -0.15) is 0 Å². The normalized spacial score (nSPS) is 18.4. The zero-order chi connectivity index (χ0) is 9.80. The molecule has 2 rings (SSSR count). The van der Waals surface area contributed by atoms with Crippen LogP contribution < -0.4 is 0 Å². The van der Waals surface area contributed by atoms with Gasteiger partial charge in [-0.1, -0.05) is 19.3 Å². The highest BCUT2D eigenvalue weighted by Crippen LogP contribution is 2.30. The fourth-order valence-corrected chi connectivity index (χ4v) is 2.19. The molecule has 1 heterocycles. The van der Waals surface area contributed by atoms with Gasteiger partial charge >= 0.3 is 0 Å². The molecule has 1 aromatic heterocycles. The maximum Gasteiger partial charge on any atom is 0.131 e. The summed E-state index contributed by atoms with van der Waals surface area (Å²) in [7, 11) is 0. The van der Waals surface area contributed by atoms with E-state index >= 15 is 0 Å². The minimum Gasteiger partial charge on any atom is -0.241 e. The summed E-state index contributed by atoms with van der Waals surface area (Å²) in [4.78, 5) is 8.81. The van der Waals surface area contributed by atoms with Crippen LogP contribution in [0.3, 0.4) is 0 Å². The van der Waals surface area contributed by atoms with Gasteiger partial charge in [0.05, 0.1) is 11.6 Å². The van der Waals surface area contributed by atoms with Crippen molar-refractivity contribution in [3.8, 4) is 0 Å². The Hall–Kier alpha value is -0.630. The Kier molecular flexibility index (Phi) is 3.35. The molecular weight excluding hydrogens is 196 g/mol. The Labute approximate surface area is 89.7 Å². The van der Waals surface area contributed by atoms with Crippen LogP contribution in [0.2, 0.25) is 0 Å². The van der Waals surface area contributed by atoms with Crippen molar-refractivity contribution >= 4 is 11.6 Å². The topological polar surface area (TPSA) is 25.8 Å². The molecule has 3 heteroatoms. The smallest absolute Gasteiger partial charge is 0.131 e. The SMILES string of the molecule is ClCc1ccnc(C2CCCCC2)n1. The molecule has 14 heavy (non-hydrogen) atoms. The van der Waals surface area contributed by atoms with Crippen LogP contribution in [0.4, 0.5) is 0 Å². The summed E-state index contributed by atoms with van der Waals surface area (Å²) in [5.74, 6) is 2.07. The van der Waals surface area contributed by atoms with Crippen molar-refractivity contribution in [2.75, 3.05) is 0 Å². The maximum atomic E-state index is 5.75. The summed E-state index contributed by atoms with van der Waals surface area (Å²) in [6.45, 7) is 0. The van der Waals surface area contributed by atoms with Crippen LogP contribution in [-0.4, -0.2) is 9.97 Å². The van der Waals surface area contributed by atoms with Crippen molar-refractivity contribution in [3.63, 3.8) is 0 Å². The Morgan fingerprint density at radius 3 is 2.79 bits per heavy atom. The van der Waals surface area contributed by atoms with Gasteiger partial charge in [0.15, 0.2) is 0 Å². The van der Waals surface area contributed by atoms with Crippen molar-refractivity contribution in [3.05, 3.63) is 23.8 Å². The summed E-state index contributed by atoms with van der Waals surface area (Å²) in [5, 5.41) is 0. The predicted molar refractivity (Wildman–Crippen MR) is 57.4 cm³/mol. The molecule has 0 bridgehead atoms. The molecule has 1 aliphatic rings. The van der Waals surface area contributed by atoms with E-state index < -0.39 is 0 Å². The number of nitrogens with zero attached hydrogens (tertiary/aromatic N) is 2. The molecule has 1 aliphatic carbocycles. The number of alkyl halides is 1. The van der Waals surface area contributed by atoms with Crippen molar-refractivity contribution < 1.29 is 0 Å². The standard InChI is InChI=1S/C11H15ClN2/c12-8-10-6-7-13-11(14-10)9-4-2-1-3-5-9/h6-7,9H,1-5,8H2. The molecule has 0 spiro atoms. The van der Waals surface area contributed by atoms with Crippen LogP contribution >= 0.6 is 11.6 Å². The third kappa shape index (κ3) is 2.24. The Bertz CT molecular complexity index is 295. The highest BCUT2D eigenvalue weighted by atomic mass is 35.5. The van der Waals surface area contributed by atoms with Gasteiger partial charge in [-0.15, -0.1) is 11.6 Å². The summed E-state index contributed by atoms with van der Waals surface area (Å²) in [5.41, 5.74) is 0.947. The molecular formula is C11H15ClN2. The summed E-state index contributed by atoms with van der Waals surface area (Å²) in [6, 6.07) is 1.89. The quantitative estimate of drug-likeness (QED) is 0.701. The summed E-state index contributed by atoms with van der Waals surface area (Å²) >= 11 is 5.75. The van der Waals surface area contributed by atoms with E-state index in [1.54, 1.807) is 0 Å². The molecule has 2 nitrogen and oxygen atoms in total. The molecule has 1 aromatic rings. The number of aromatic nitrogens is 2. The third-order valence-electron chi connectivity index (χ3n) is 2.84. The molecule has 1 saturated carbocycles. The molecule has 76 valence electrons. The van der Waals surface area contributed by atoms with Gasteiger partial charge in [0.2, 0.25) is 0 Å². The molecule has 0 N–H and O–H groups in total. The van der Waals surface area contributed by atoms with Gasteiger partial charge in [-0.3, -0.25) is 0 Å². The lowest BCUT2D eigenvalue weighted by Gasteiger charge is -2.20. The lowest BCUT2D eigenvalue weighted by atomic mass is 9.89. The summed E-state index contributed by atoms with van der Waals surface area (Å²) in [6.07, 6.45) is 8.32. The largest absolute Gasteiger partial charge is 0.241 e. The average molecular weight is 211 g/mol. The Balaban J connectivity index is 2.13. The summed E-state index contributed by atoms with van der Waals surface area (Å²) < 4.78 is 0. The van der Waals surface area contributed by atoms with Gasteiger partial charge in [0, 0.05) is 12.1 Å². The van der Waals surface area contributed by atoms with Crippen molar-refractivity contribution in [1.82, 2.24) is 9.97 Å². The molecule has 0 aliphatic heterocycles. The van der Waals surface area contributed by atoms with E-state index in [9.17, 15) is 0 Å². The minimum atomic E-state index is 0.488. The second kappa shape index (κ2) is 4.74. The van der Waals surface area contributed by atoms with Gasteiger partial charge in [-0.25, -0.2) is 9.97 Å². The van der Waals surface area contributed by atoms with E-state index in [4.69, 9.17) is 11.6 Å². The highest BCUT2D eigenvalue weighted by Gasteiger charge is 2.17. The van der Waals surface area contributed by atoms with E-state index in [-0.39, 0.29) is 0 Å². The maximum absolute atomic E-state index is 5.75. The van der Waals surface area contributed by atoms with Crippen LogP contribution in [0, 0.1) is 0 Å². The van der Waals surface area contributed by atoms with Gasteiger partial charge in [0.25, 0.3) is 0 Å². The lowest BCUT2D eigenvalue weighted by Crippen LogP contribution is -2.09. The number of hydrogen-bond acceptors (Lipinski definition) is 2. The van der Waals surface area contributed by atoms with Gasteiger partial charge in [-0.05, 0) is 18.9 Å². The fourth-order valence-electron chi connectivity index (χ4n) is 2.04. The Morgan fingerprint density at radius 1 is 1.29 bits per heavy atom. The van der Waals surface area contributed by atoms with Crippen LogP contribution in [-0.2, 0) is 5.88 Å². The molecule has 0 amide bonds. The van der Waals surface area contributed by atoms with Crippen molar-refractivity contribution in [2.24, 2.45) is 0 Å². The first-order chi connectivity index (χ1) is 6.90. The van der Waals surface area contributed by atoms with Crippen LogP contribution in [0.5, 0.6) is 0 Å². The third-order valence-corrected chi connectivity index (χ3v) is 3.11. The van der Waals surface area contributed by atoms with E-state index in [0.717, 1.165) is 11.5 Å². The fraction of sp³-hybridized carbons (Fsp3) is 0.636. The molecule has 0 unspecified atom stereocenters. The van der Waals surface area contributed by atoms with E-state index in [0.29, 0.717) is 11.8 Å². The van der Waals surface area contributed by atoms with Gasteiger partial charge < -0.3 is 0 Å². The zero-order valence-corrected chi connectivity index (χ0v) is 9.00. The Morgan fingerprint density at radius 2 is 2.07 bits per heavy atom. The second-order valence-electron chi connectivity index (χ2n) is 3.87. The first-order valence-electron chi connectivity index (χ1n) is 5.28. The van der Waals surface area contributed by atoms with Crippen molar-refractivity contribution in [1.29, 1.82) is 0 Å². The monoisotopic (exact) mass is 210 g/mol.